The van der Waals surface area contributed by atoms with Crippen molar-refractivity contribution in [1.29, 1.82) is 0 Å². The van der Waals surface area contributed by atoms with E-state index in [0.717, 1.165) is 4.90 Å². The molecule has 0 aliphatic carbocycles. The van der Waals surface area contributed by atoms with Gasteiger partial charge < -0.3 is 14.8 Å². The summed E-state index contributed by atoms with van der Waals surface area (Å²) in [6, 6.07) is 11.5. The van der Waals surface area contributed by atoms with Crippen molar-refractivity contribution < 1.29 is 33.0 Å². The molecule has 42 heavy (non-hydrogen) atoms. The average Bonchev–Trinajstić information content (AvgIpc) is 3.22. The Morgan fingerprint density at radius 2 is 1.86 bits per heavy atom. The number of hydrogen-bond donors (Lipinski definition) is 2. The summed E-state index contributed by atoms with van der Waals surface area (Å²) < 4.78 is 26.1. The smallest absolute Gasteiger partial charge is 0.262 e. The molecule has 4 amide bonds. The number of fused-ring (bicyclic) bond motifs is 2. The van der Waals surface area contributed by atoms with Gasteiger partial charge in [0.2, 0.25) is 11.8 Å². The van der Waals surface area contributed by atoms with Crippen LogP contribution in [0.2, 0.25) is 5.02 Å². The topological polar surface area (TPSA) is 140 Å². The van der Waals surface area contributed by atoms with Gasteiger partial charge in [-0.1, -0.05) is 23.7 Å². The molecule has 212 valence electrons. The summed E-state index contributed by atoms with van der Waals surface area (Å²) in [5.41, 5.74) is 1.52. The van der Waals surface area contributed by atoms with Crippen LogP contribution in [0.3, 0.4) is 0 Å². The lowest BCUT2D eigenvalue weighted by molar-refractivity contribution is -0.136. The number of imide groups is 2. The number of amides is 4. The van der Waals surface area contributed by atoms with Crippen LogP contribution in [0.15, 0.2) is 54.9 Å². The molecule has 1 fully saturated rings. The summed E-state index contributed by atoms with van der Waals surface area (Å²) in [6.07, 6.45) is 1.43. The van der Waals surface area contributed by atoms with Crippen molar-refractivity contribution in [3.63, 3.8) is 0 Å². The number of carbonyl (C=O) groups is 4. The van der Waals surface area contributed by atoms with E-state index in [9.17, 15) is 23.6 Å². The normalized spacial score (nSPS) is 16.5. The minimum absolute atomic E-state index is 0.00555. The van der Waals surface area contributed by atoms with Gasteiger partial charge in [-0.25, -0.2) is 14.4 Å². The summed E-state index contributed by atoms with van der Waals surface area (Å²) in [5, 5.41) is 5.59. The molecule has 0 spiro atoms. The molecular weight excluding hydrogens is 569 g/mol. The van der Waals surface area contributed by atoms with Gasteiger partial charge in [0.15, 0.2) is 17.3 Å². The zero-order valence-corrected chi connectivity index (χ0v) is 22.7. The molecule has 3 aromatic carbocycles. The Kier molecular flexibility index (Phi) is 6.91. The van der Waals surface area contributed by atoms with E-state index < -0.39 is 35.5 Å². The zero-order valence-electron chi connectivity index (χ0n) is 21.9. The molecule has 0 radical (unpaired) electrons. The van der Waals surface area contributed by atoms with E-state index in [1.165, 1.54) is 37.7 Å². The lowest BCUT2D eigenvalue weighted by Crippen LogP contribution is -2.54. The minimum atomic E-state index is -1.05. The predicted octanol–water partition coefficient (Wildman–Crippen LogP) is 4.15. The number of carbonyl (C=O) groups excluding carboxylic acids is 4. The molecule has 0 bridgehead atoms. The third kappa shape index (κ3) is 4.75. The molecule has 11 nitrogen and oxygen atoms in total. The Morgan fingerprint density at radius 3 is 2.64 bits per heavy atom. The summed E-state index contributed by atoms with van der Waals surface area (Å²) in [4.78, 5) is 59.4. The first-order valence-electron chi connectivity index (χ1n) is 12.8. The maximum Gasteiger partial charge on any atom is 0.262 e. The molecule has 1 saturated heterocycles. The second-order valence-electron chi connectivity index (χ2n) is 9.58. The number of anilines is 2. The van der Waals surface area contributed by atoms with Crippen LogP contribution in [0, 0.1) is 5.82 Å². The highest BCUT2D eigenvalue weighted by molar-refractivity contribution is 6.31. The van der Waals surface area contributed by atoms with Crippen molar-refractivity contribution in [2.75, 3.05) is 12.4 Å². The molecule has 2 aliphatic heterocycles. The number of halogens is 2. The molecule has 6 rings (SSSR count). The number of benzene rings is 3. The van der Waals surface area contributed by atoms with Gasteiger partial charge in [0.05, 0.1) is 34.5 Å². The third-order valence-electron chi connectivity index (χ3n) is 7.02. The molecule has 4 aromatic rings. The molecule has 13 heteroatoms. The van der Waals surface area contributed by atoms with Crippen molar-refractivity contribution in [3.8, 4) is 11.5 Å². The quantitative estimate of drug-likeness (QED) is 0.304. The first-order valence-corrected chi connectivity index (χ1v) is 13.1. The number of hydrogen-bond acceptors (Lipinski definition) is 9. The highest BCUT2D eigenvalue weighted by atomic mass is 35.5. The Bertz CT molecular complexity index is 1820. The van der Waals surface area contributed by atoms with E-state index in [-0.39, 0.29) is 41.3 Å². The van der Waals surface area contributed by atoms with Crippen molar-refractivity contribution in [2.24, 2.45) is 0 Å². The number of piperidine rings is 1. The Morgan fingerprint density at radius 1 is 1.05 bits per heavy atom. The number of methoxy groups -OCH3 is 1. The monoisotopic (exact) mass is 589 g/mol. The number of rotatable bonds is 7. The summed E-state index contributed by atoms with van der Waals surface area (Å²) in [6.45, 7) is -0.00555. The molecule has 2 N–H and O–H groups in total. The fourth-order valence-electron chi connectivity index (χ4n) is 4.93. The largest absolute Gasteiger partial charge is 0.493 e. The lowest BCUT2D eigenvalue weighted by atomic mass is 10.0. The molecule has 3 heterocycles. The third-order valence-corrected chi connectivity index (χ3v) is 7.32. The van der Waals surface area contributed by atoms with E-state index in [0.29, 0.717) is 33.8 Å². The molecule has 1 aromatic heterocycles. The lowest BCUT2D eigenvalue weighted by Gasteiger charge is -2.27. The van der Waals surface area contributed by atoms with Crippen LogP contribution in [-0.4, -0.2) is 51.6 Å². The molecule has 1 unspecified atom stereocenters. The van der Waals surface area contributed by atoms with Gasteiger partial charge in [-0.05, 0) is 42.3 Å². The fraction of sp³-hybridized carbons (Fsp3) is 0.172. The van der Waals surface area contributed by atoms with Crippen LogP contribution in [-0.2, 0) is 16.2 Å². The highest BCUT2D eigenvalue weighted by Crippen LogP contribution is 2.36. The molecule has 1 atom stereocenters. The standard InChI is InChI=1S/C29H21ClFN5O6/c1-41-22-11-20-17(26(33-13-32-20)34-19-4-2-3-18(30)25(19)31)10-23(22)42-12-14-5-6-15-16(9-14)29(40)36(28(15)39)21-7-8-24(37)35-27(21)38/h2-6,9-11,13,21H,7-8,12H2,1H3,(H,32,33,34)(H,35,37,38). The van der Waals surface area contributed by atoms with Gasteiger partial charge in [0.1, 0.15) is 24.8 Å². The van der Waals surface area contributed by atoms with E-state index in [4.69, 9.17) is 21.1 Å². The minimum Gasteiger partial charge on any atom is -0.493 e. The van der Waals surface area contributed by atoms with Crippen LogP contribution < -0.4 is 20.1 Å². The highest BCUT2D eigenvalue weighted by Gasteiger charge is 2.44. The second kappa shape index (κ2) is 10.7. The molecule has 2 aliphatic rings. The first-order chi connectivity index (χ1) is 20.2. The Labute approximate surface area is 242 Å². The first kappa shape index (κ1) is 27.1. The Hall–Kier alpha value is -5.10. The van der Waals surface area contributed by atoms with Gasteiger partial charge in [0.25, 0.3) is 11.8 Å². The van der Waals surface area contributed by atoms with Crippen molar-refractivity contribution in [3.05, 3.63) is 82.4 Å². The van der Waals surface area contributed by atoms with Crippen molar-refractivity contribution in [1.82, 2.24) is 20.2 Å². The number of nitrogens with zero attached hydrogens (tertiary/aromatic N) is 3. The predicted molar refractivity (Wildman–Crippen MR) is 148 cm³/mol. The van der Waals surface area contributed by atoms with E-state index >= 15 is 0 Å². The number of aromatic nitrogens is 2. The maximum atomic E-state index is 14.5. The van der Waals surface area contributed by atoms with Gasteiger partial charge in [-0.2, -0.15) is 0 Å². The summed E-state index contributed by atoms with van der Waals surface area (Å²) in [7, 11) is 1.47. The average molecular weight is 590 g/mol. The van der Waals surface area contributed by atoms with Crippen LogP contribution in [0.4, 0.5) is 15.9 Å². The van der Waals surface area contributed by atoms with Crippen molar-refractivity contribution in [2.45, 2.75) is 25.5 Å². The fourth-order valence-corrected chi connectivity index (χ4v) is 5.11. The Balaban J connectivity index is 1.26. The summed E-state index contributed by atoms with van der Waals surface area (Å²) in [5.74, 6) is -1.95. The summed E-state index contributed by atoms with van der Waals surface area (Å²) >= 11 is 5.92. The maximum absolute atomic E-state index is 14.5. The van der Waals surface area contributed by atoms with Gasteiger partial charge in [-0.3, -0.25) is 29.4 Å². The van der Waals surface area contributed by atoms with Crippen LogP contribution >= 0.6 is 11.6 Å². The van der Waals surface area contributed by atoms with E-state index in [1.807, 2.05) is 0 Å². The van der Waals surface area contributed by atoms with Gasteiger partial charge in [0, 0.05) is 17.9 Å². The number of nitrogens with one attached hydrogen (secondary N) is 2. The molecular formula is C29H21ClFN5O6. The zero-order chi connectivity index (χ0) is 29.5. The van der Waals surface area contributed by atoms with Crippen LogP contribution in [0.5, 0.6) is 11.5 Å². The van der Waals surface area contributed by atoms with Gasteiger partial charge in [-0.15, -0.1) is 0 Å². The van der Waals surface area contributed by atoms with Crippen LogP contribution in [0.1, 0.15) is 39.1 Å². The second-order valence-corrected chi connectivity index (χ2v) is 9.99. The molecule has 0 saturated carbocycles. The SMILES string of the molecule is COc1cc2ncnc(Nc3cccc(Cl)c3F)c2cc1OCc1ccc2c(c1)C(=O)N(C1CCC(=O)NC1=O)C2=O. The van der Waals surface area contributed by atoms with Gasteiger partial charge >= 0.3 is 0 Å². The van der Waals surface area contributed by atoms with E-state index in [1.54, 1.807) is 24.3 Å². The van der Waals surface area contributed by atoms with E-state index in [2.05, 4.69) is 20.6 Å². The van der Waals surface area contributed by atoms with Crippen molar-refractivity contribution >= 4 is 57.6 Å². The number of ether oxygens (including phenoxy) is 2. The van der Waals surface area contributed by atoms with Crippen LogP contribution in [0.25, 0.3) is 10.9 Å².